The third kappa shape index (κ3) is 3.21. The van der Waals surface area contributed by atoms with E-state index in [9.17, 15) is 0 Å². The molecule has 4 heteroatoms. The van der Waals surface area contributed by atoms with Gasteiger partial charge in [0, 0.05) is 28.3 Å². The highest BCUT2D eigenvalue weighted by molar-refractivity contribution is 9.10. The summed E-state index contributed by atoms with van der Waals surface area (Å²) in [6, 6.07) is 8.87. The molecule has 2 rings (SSSR count). The molecule has 0 saturated carbocycles. The Balaban J connectivity index is 2.01. The Hall–Kier alpha value is -1.13. The van der Waals surface area contributed by atoms with Crippen molar-refractivity contribution in [3.05, 3.63) is 51.8 Å². The second-order valence-electron chi connectivity index (χ2n) is 4.41. The van der Waals surface area contributed by atoms with Crippen LogP contribution in [0.2, 0.25) is 0 Å². The smallest absolute Gasteiger partial charge is 0.0535 e. The molecule has 2 N–H and O–H groups in total. The van der Waals surface area contributed by atoms with E-state index in [-0.39, 0.29) is 0 Å². The molecule has 1 heterocycles. The van der Waals surface area contributed by atoms with Gasteiger partial charge in [-0.05, 0) is 31.0 Å². The quantitative estimate of drug-likeness (QED) is 0.884. The number of hydrogen-bond acceptors (Lipinski definition) is 2. The molecule has 0 aliphatic heterocycles. The van der Waals surface area contributed by atoms with Crippen LogP contribution in [0.3, 0.4) is 0 Å². The molecule has 0 bridgehead atoms. The summed E-state index contributed by atoms with van der Waals surface area (Å²) >= 11 is 3.46. The van der Waals surface area contributed by atoms with Crippen molar-refractivity contribution in [2.75, 3.05) is 0 Å². The number of aromatic nitrogens is 2. The van der Waals surface area contributed by atoms with Crippen LogP contribution < -0.4 is 5.32 Å². The molecule has 1 aromatic heterocycles. The first-order valence-electron chi connectivity index (χ1n) is 6.18. The van der Waals surface area contributed by atoms with Crippen LogP contribution in [0.1, 0.15) is 36.2 Å². The number of nitrogens with zero attached hydrogens (tertiary/aromatic N) is 1. The lowest BCUT2D eigenvalue weighted by Gasteiger charge is -2.17. The molecule has 0 aliphatic rings. The Morgan fingerprint density at radius 2 is 2.06 bits per heavy atom. The van der Waals surface area contributed by atoms with E-state index in [1.807, 2.05) is 13.1 Å². The molecule has 0 spiro atoms. The lowest BCUT2D eigenvalue weighted by Crippen LogP contribution is -2.20. The van der Waals surface area contributed by atoms with Crippen molar-refractivity contribution in [1.29, 1.82) is 0 Å². The van der Waals surface area contributed by atoms with Crippen molar-refractivity contribution in [3.63, 3.8) is 0 Å². The zero-order valence-corrected chi connectivity index (χ0v) is 12.3. The molecule has 0 amide bonds. The summed E-state index contributed by atoms with van der Waals surface area (Å²) in [5.41, 5.74) is 3.68. The lowest BCUT2D eigenvalue weighted by molar-refractivity contribution is 0.518. The number of nitrogens with one attached hydrogen (secondary N) is 2. The van der Waals surface area contributed by atoms with Crippen LogP contribution in [-0.2, 0) is 6.54 Å². The molecule has 2 aromatic rings. The van der Waals surface area contributed by atoms with E-state index in [0.29, 0.717) is 6.04 Å². The summed E-state index contributed by atoms with van der Waals surface area (Å²) in [6.45, 7) is 5.09. The number of rotatable bonds is 5. The Kier molecular flexibility index (Phi) is 4.55. The van der Waals surface area contributed by atoms with Gasteiger partial charge in [0.25, 0.3) is 0 Å². The summed E-state index contributed by atoms with van der Waals surface area (Å²) in [5.74, 6) is 0. The maximum Gasteiger partial charge on any atom is 0.0535 e. The van der Waals surface area contributed by atoms with Gasteiger partial charge < -0.3 is 5.32 Å². The minimum absolute atomic E-state index is 0.382. The molecule has 18 heavy (non-hydrogen) atoms. The van der Waals surface area contributed by atoms with Crippen LogP contribution >= 0.6 is 15.9 Å². The third-order valence-electron chi connectivity index (χ3n) is 3.15. The second-order valence-corrected chi connectivity index (χ2v) is 5.33. The van der Waals surface area contributed by atoms with Crippen molar-refractivity contribution in [2.24, 2.45) is 0 Å². The van der Waals surface area contributed by atoms with Gasteiger partial charge in [0.05, 0.1) is 6.20 Å². The fourth-order valence-corrected chi connectivity index (χ4v) is 2.24. The Labute approximate surface area is 116 Å². The topological polar surface area (TPSA) is 40.7 Å². The van der Waals surface area contributed by atoms with Gasteiger partial charge in [-0.15, -0.1) is 0 Å². The van der Waals surface area contributed by atoms with Crippen molar-refractivity contribution < 1.29 is 0 Å². The largest absolute Gasteiger partial charge is 0.306 e. The monoisotopic (exact) mass is 307 g/mol. The summed E-state index contributed by atoms with van der Waals surface area (Å²) < 4.78 is 1.12. The molecule has 0 aliphatic carbocycles. The van der Waals surface area contributed by atoms with Crippen LogP contribution in [0.25, 0.3) is 0 Å². The molecule has 0 unspecified atom stereocenters. The van der Waals surface area contributed by atoms with Gasteiger partial charge in [-0.1, -0.05) is 35.0 Å². The van der Waals surface area contributed by atoms with Gasteiger partial charge in [-0.25, -0.2) is 0 Å². The minimum atomic E-state index is 0.382. The Bertz CT molecular complexity index is 490. The number of aromatic amines is 1. The predicted octanol–water partition coefficient (Wildman–Crippen LogP) is 3.72. The van der Waals surface area contributed by atoms with E-state index in [2.05, 4.69) is 62.6 Å². The van der Waals surface area contributed by atoms with E-state index >= 15 is 0 Å². The standard InChI is InChI=1S/C14H18BrN3/c1-3-14(11-4-6-13(15)7-5-11)16-8-12-9-17-18-10(12)2/h4-7,9,14,16H,3,8H2,1-2H3,(H,17,18)/t14-/m0/s1. The molecular weight excluding hydrogens is 290 g/mol. The molecule has 3 nitrogen and oxygen atoms in total. The zero-order chi connectivity index (χ0) is 13.0. The molecule has 96 valence electrons. The van der Waals surface area contributed by atoms with Crippen molar-refractivity contribution in [3.8, 4) is 0 Å². The SMILES string of the molecule is CC[C@H](NCc1cn[nH]c1C)c1ccc(Br)cc1. The highest BCUT2D eigenvalue weighted by Crippen LogP contribution is 2.20. The lowest BCUT2D eigenvalue weighted by atomic mass is 10.0. The molecule has 1 aromatic carbocycles. The van der Waals surface area contributed by atoms with Gasteiger partial charge in [0.1, 0.15) is 0 Å². The van der Waals surface area contributed by atoms with Crippen molar-refractivity contribution in [2.45, 2.75) is 32.9 Å². The molecule has 0 saturated heterocycles. The average Bonchev–Trinajstić information content (AvgIpc) is 2.78. The summed E-state index contributed by atoms with van der Waals surface area (Å²) in [5, 5.41) is 10.6. The number of hydrogen-bond donors (Lipinski definition) is 2. The fourth-order valence-electron chi connectivity index (χ4n) is 1.98. The van der Waals surface area contributed by atoms with Gasteiger partial charge >= 0.3 is 0 Å². The fraction of sp³-hybridized carbons (Fsp3) is 0.357. The van der Waals surface area contributed by atoms with E-state index in [1.165, 1.54) is 11.1 Å². The predicted molar refractivity (Wildman–Crippen MR) is 77.3 cm³/mol. The van der Waals surface area contributed by atoms with Crippen molar-refractivity contribution in [1.82, 2.24) is 15.5 Å². The first-order valence-corrected chi connectivity index (χ1v) is 6.97. The van der Waals surface area contributed by atoms with Crippen LogP contribution in [0.15, 0.2) is 34.9 Å². The van der Waals surface area contributed by atoms with Crippen molar-refractivity contribution >= 4 is 15.9 Å². The number of H-pyrrole nitrogens is 1. The first kappa shape index (κ1) is 13.3. The minimum Gasteiger partial charge on any atom is -0.306 e. The highest BCUT2D eigenvalue weighted by Gasteiger charge is 2.09. The highest BCUT2D eigenvalue weighted by atomic mass is 79.9. The molecule has 1 atom stereocenters. The second kappa shape index (κ2) is 6.16. The summed E-state index contributed by atoms with van der Waals surface area (Å²) in [4.78, 5) is 0. The van der Waals surface area contributed by atoms with Gasteiger partial charge in [0.15, 0.2) is 0 Å². The number of aryl methyl sites for hydroxylation is 1. The van der Waals surface area contributed by atoms with E-state index in [0.717, 1.165) is 23.1 Å². The van der Waals surface area contributed by atoms with Gasteiger partial charge in [0.2, 0.25) is 0 Å². The molecule has 0 fully saturated rings. The maximum atomic E-state index is 4.04. The van der Waals surface area contributed by atoms with Crippen LogP contribution in [0.5, 0.6) is 0 Å². The zero-order valence-electron chi connectivity index (χ0n) is 10.7. The van der Waals surface area contributed by atoms with Gasteiger partial charge in [-0.3, -0.25) is 5.10 Å². The van der Waals surface area contributed by atoms with E-state index < -0.39 is 0 Å². The average molecular weight is 308 g/mol. The van der Waals surface area contributed by atoms with Crippen LogP contribution in [0.4, 0.5) is 0 Å². The summed E-state index contributed by atoms with van der Waals surface area (Å²) in [6.07, 6.45) is 2.95. The Morgan fingerprint density at radius 1 is 1.33 bits per heavy atom. The van der Waals surface area contributed by atoms with E-state index in [4.69, 9.17) is 0 Å². The first-order chi connectivity index (χ1) is 8.70. The number of benzene rings is 1. The van der Waals surface area contributed by atoms with E-state index in [1.54, 1.807) is 0 Å². The van der Waals surface area contributed by atoms with Gasteiger partial charge in [-0.2, -0.15) is 5.10 Å². The maximum absolute atomic E-state index is 4.04. The molecule has 0 radical (unpaired) electrons. The van der Waals surface area contributed by atoms with Crippen LogP contribution in [0, 0.1) is 6.92 Å². The summed E-state index contributed by atoms with van der Waals surface area (Å²) in [7, 11) is 0. The van der Waals surface area contributed by atoms with Crippen LogP contribution in [-0.4, -0.2) is 10.2 Å². The Morgan fingerprint density at radius 3 is 2.61 bits per heavy atom. The number of halogens is 1. The third-order valence-corrected chi connectivity index (χ3v) is 3.68. The normalized spacial score (nSPS) is 12.6. The molecular formula is C14H18BrN3.